The minimum Gasteiger partial charge on any atom is -0.459 e. The fourth-order valence-corrected chi connectivity index (χ4v) is 2.55. The Labute approximate surface area is 170 Å². The van der Waals surface area contributed by atoms with Crippen LogP contribution in [0, 0.1) is 6.92 Å². The van der Waals surface area contributed by atoms with Gasteiger partial charge in [0, 0.05) is 0 Å². The summed E-state index contributed by atoms with van der Waals surface area (Å²) in [5, 5.41) is 8.63. The van der Waals surface area contributed by atoms with Crippen LogP contribution in [0.2, 0.25) is 0 Å². The summed E-state index contributed by atoms with van der Waals surface area (Å²) in [5.41, 5.74) is 11.5. The number of hydrogen-bond acceptors (Lipinski definition) is 3. The molecule has 0 saturated carbocycles. The maximum absolute atomic E-state index is 5.38. The van der Waals surface area contributed by atoms with Gasteiger partial charge in [-0.15, -0.1) is 5.69 Å². The second-order valence-corrected chi connectivity index (χ2v) is 5.95. The van der Waals surface area contributed by atoms with E-state index in [1.165, 1.54) is 11.1 Å². The molecule has 0 spiro atoms. The third kappa shape index (κ3) is 6.07. The molecule has 2 N–H and O–H groups in total. The van der Waals surface area contributed by atoms with E-state index in [0.717, 1.165) is 22.6 Å². The van der Waals surface area contributed by atoms with Gasteiger partial charge in [0.1, 0.15) is 0 Å². The van der Waals surface area contributed by atoms with E-state index in [0.29, 0.717) is 0 Å². The predicted octanol–water partition coefficient (Wildman–Crippen LogP) is 6.78. The maximum atomic E-state index is 5.38. The average Bonchev–Trinajstić information content (AvgIpc) is 3.33. The van der Waals surface area contributed by atoms with Gasteiger partial charge in [-0.1, -0.05) is 48.9 Å². The number of hydrogen-bond donors (Lipinski definition) is 1. The van der Waals surface area contributed by atoms with Crippen molar-refractivity contribution in [3.05, 3.63) is 103 Å². The summed E-state index contributed by atoms with van der Waals surface area (Å²) < 4.78 is 0. The molecule has 0 aliphatic heterocycles. The summed E-state index contributed by atoms with van der Waals surface area (Å²) in [6, 6.07) is 31.9. The molecule has 4 heteroatoms. The van der Waals surface area contributed by atoms with Gasteiger partial charge in [0.05, 0.1) is 11.4 Å². The van der Waals surface area contributed by atoms with Crippen LogP contribution in [0.4, 0.5) is 17.1 Å². The van der Waals surface area contributed by atoms with Gasteiger partial charge >= 0.3 is 17.1 Å². The molecule has 4 aromatic carbocycles. The molecule has 27 heavy (non-hydrogen) atoms. The number of benzene rings is 2. The summed E-state index contributed by atoms with van der Waals surface area (Å²) in [7, 11) is 0. The Morgan fingerprint density at radius 1 is 0.852 bits per heavy atom. The normalized spacial score (nSPS) is 10.1. The van der Waals surface area contributed by atoms with Crippen LogP contribution in [-0.2, 0) is 17.1 Å². The van der Waals surface area contributed by atoms with E-state index < -0.39 is 0 Å². The van der Waals surface area contributed by atoms with Crippen LogP contribution in [-0.4, -0.2) is 0 Å². The Balaban J connectivity index is 0.000000278. The van der Waals surface area contributed by atoms with Crippen molar-refractivity contribution in [2.45, 2.75) is 6.92 Å². The minimum atomic E-state index is 0. The summed E-state index contributed by atoms with van der Waals surface area (Å²) in [5.74, 6) is 0. The molecule has 4 aromatic rings. The van der Waals surface area contributed by atoms with E-state index >= 15 is 0 Å². The molecule has 136 valence electrons. The largest absolute Gasteiger partial charge is 2.00 e. The van der Waals surface area contributed by atoms with Gasteiger partial charge in [-0.2, -0.15) is 57.8 Å². The van der Waals surface area contributed by atoms with E-state index in [1.54, 1.807) is 0 Å². The fourth-order valence-electron chi connectivity index (χ4n) is 2.55. The first-order chi connectivity index (χ1) is 12.7. The van der Waals surface area contributed by atoms with Crippen molar-refractivity contribution >= 4 is 17.1 Å². The molecular weight excluding hydrogens is 374 g/mol. The standard InChI is InChI=1S/C17H13N2.C6H8N.Fe/c1-2-10-15(11-3-1)18-19-17-13-7-6-12-16(17)14-8-4-5-9-14;1-5-2-3-6(7)4-5;/h1-13H;2-4H,7H2,1H3;/q2*-1;+2. The Morgan fingerprint density at radius 3 is 2.19 bits per heavy atom. The third-order valence-corrected chi connectivity index (χ3v) is 3.84. The number of nitrogens with zero attached hydrogens (tertiary/aromatic N) is 2. The van der Waals surface area contributed by atoms with Crippen molar-refractivity contribution in [2.24, 2.45) is 10.2 Å². The molecule has 0 heterocycles. The van der Waals surface area contributed by atoms with E-state index in [2.05, 4.69) is 28.4 Å². The summed E-state index contributed by atoms with van der Waals surface area (Å²) in [6.07, 6.45) is 0. The topological polar surface area (TPSA) is 50.7 Å². The van der Waals surface area contributed by atoms with Gasteiger partial charge in [0.2, 0.25) is 0 Å². The summed E-state index contributed by atoms with van der Waals surface area (Å²) in [4.78, 5) is 0. The summed E-state index contributed by atoms with van der Waals surface area (Å²) in [6.45, 7) is 2.02. The molecule has 0 aliphatic carbocycles. The first kappa shape index (κ1) is 20.4. The second-order valence-electron chi connectivity index (χ2n) is 5.95. The zero-order valence-electron chi connectivity index (χ0n) is 15.1. The van der Waals surface area contributed by atoms with Gasteiger partial charge in [-0.25, -0.2) is 6.07 Å². The molecule has 0 atom stereocenters. The number of azo groups is 1. The molecule has 0 bridgehead atoms. The Hall–Kier alpha value is -2.94. The number of nitrogen functional groups attached to an aromatic ring is 1. The van der Waals surface area contributed by atoms with Crippen LogP contribution >= 0.6 is 0 Å². The number of anilines is 1. The van der Waals surface area contributed by atoms with E-state index in [-0.39, 0.29) is 17.1 Å². The van der Waals surface area contributed by atoms with E-state index in [1.807, 2.05) is 85.8 Å². The van der Waals surface area contributed by atoms with Crippen LogP contribution in [0.1, 0.15) is 5.56 Å². The van der Waals surface area contributed by atoms with E-state index in [9.17, 15) is 0 Å². The zero-order chi connectivity index (χ0) is 18.2. The average molecular weight is 395 g/mol. The molecule has 0 radical (unpaired) electrons. The summed E-state index contributed by atoms with van der Waals surface area (Å²) >= 11 is 0. The van der Waals surface area contributed by atoms with Gasteiger partial charge in [-0.05, 0) is 18.2 Å². The van der Waals surface area contributed by atoms with Crippen molar-refractivity contribution in [1.29, 1.82) is 0 Å². The van der Waals surface area contributed by atoms with Crippen molar-refractivity contribution < 1.29 is 17.1 Å². The fraction of sp³-hybridized carbons (Fsp3) is 0.0435. The molecule has 0 saturated heterocycles. The minimum absolute atomic E-state index is 0. The Bertz CT molecular complexity index is 938. The van der Waals surface area contributed by atoms with Crippen molar-refractivity contribution in [1.82, 2.24) is 0 Å². The smallest absolute Gasteiger partial charge is 0.459 e. The van der Waals surface area contributed by atoms with Gasteiger partial charge < -0.3 is 5.73 Å². The second kappa shape index (κ2) is 10.3. The first-order valence-corrected chi connectivity index (χ1v) is 8.49. The third-order valence-electron chi connectivity index (χ3n) is 3.84. The van der Waals surface area contributed by atoms with Crippen molar-refractivity contribution in [3.8, 4) is 11.1 Å². The predicted molar refractivity (Wildman–Crippen MR) is 109 cm³/mol. The molecule has 0 aliphatic rings. The van der Waals surface area contributed by atoms with Crippen LogP contribution in [0.5, 0.6) is 0 Å². The Kier molecular flexibility index (Phi) is 7.75. The van der Waals surface area contributed by atoms with Crippen LogP contribution in [0.15, 0.2) is 107 Å². The molecule has 3 nitrogen and oxygen atoms in total. The molecule has 0 fully saturated rings. The number of rotatable bonds is 3. The SMILES string of the molecule is Cc1cc(N)c[cH-]1.[Fe+2].c1ccc(N=Nc2ccccc2-c2cc[cH-]c2)cc1. The number of nitrogens with two attached hydrogens (primary N) is 1. The number of aryl methyl sites for hydroxylation is 1. The quantitative estimate of drug-likeness (QED) is 0.232. The van der Waals surface area contributed by atoms with Crippen molar-refractivity contribution in [3.63, 3.8) is 0 Å². The molecular formula is C23H21FeN3. The maximum Gasteiger partial charge on any atom is 2.00 e. The molecule has 4 rings (SSSR count). The van der Waals surface area contributed by atoms with Gasteiger partial charge in [-0.3, -0.25) is 0 Å². The van der Waals surface area contributed by atoms with Crippen LogP contribution in [0.25, 0.3) is 11.1 Å². The van der Waals surface area contributed by atoms with Crippen LogP contribution in [0.3, 0.4) is 0 Å². The zero-order valence-corrected chi connectivity index (χ0v) is 16.2. The molecule has 0 amide bonds. The Morgan fingerprint density at radius 2 is 1.59 bits per heavy atom. The van der Waals surface area contributed by atoms with Gasteiger partial charge in [0.25, 0.3) is 0 Å². The van der Waals surface area contributed by atoms with E-state index in [4.69, 9.17) is 5.73 Å². The van der Waals surface area contributed by atoms with Gasteiger partial charge in [0.15, 0.2) is 0 Å². The first-order valence-electron chi connectivity index (χ1n) is 8.49. The monoisotopic (exact) mass is 395 g/mol. The van der Waals surface area contributed by atoms with Crippen molar-refractivity contribution in [2.75, 3.05) is 5.73 Å². The molecule has 0 unspecified atom stereocenters. The van der Waals surface area contributed by atoms with Crippen LogP contribution < -0.4 is 5.73 Å². The molecule has 0 aromatic heterocycles.